The quantitative estimate of drug-likeness (QED) is 0.764. The standard InChI is InChI=1S/C18H20F2N2O4/c1-26-18(25)11-4-6-21(7-5-11)17(24)12-8-16(23)22(10-12)15-3-2-13(19)9-14(15)20/h2-3,9,11-12H,4-8,10H2,1H3/t12-/m0/s1. The van der Waals surface area contributed by atoms with Crippen molar-refractivity contribution in [2.45, 2.75) is 19.3 Å². The lowest BCUT2D eigenvalue weighted by Crippen LogP contribution is -2.43. The van der Waals surface area contributed by atoms with Crippen LogP contribution >= 0.6 is 0 Å². The molecule has 0 bridgehead atoms. The number of esters is 1. The Morgan fingerprint density at radius 3 is 2.46 bits per heavy atom. The van der Waals surface area contributed by atoms with Crippen molar-refractivity contribution in [3.63, 3.8) is 0 Å². The predicted octanol–water partition coefficient (Wildman–Crippen LogP) is 1.73. The van der Waals surface area contributed by atoms with Gasteiger partial charge in [-0.25, -0.2) is 8.78 Å². The molecule has 0 aromatic heterocycles. The van der Waals surface area contributed by atoms with Crippen LogP contribution in [0.1, 0.15) is 19.3 Å². The van der Waals surface area contributed by atoms with E-state index in [9.17, 15) is 23.2 Å². The zero-order valence-corrected chi connectivity index (χ0v) is 14.4. The van der Waals surface area contributed by atoms with E-state index in [1.54, 1.807) is 4.90 Å². The number of hydrogen-bond acceptors (Lipinski definition) is 4. The first-order valence-electron chi connectivity index (χ1n) is 8.52. The first-order chi connectivity index (χ1) is 12.4. The van der Waals surface area contributed by atoms with E-state index >= 15 is 0 Å². The first-order valence-corrected chi connectivity index (χ1v) is 8.52. The van der Waals surface area contributed by atoms with Crippen molar-refractivity contribution < 1.29 is 27.9 Å². The summed E-state index contributed by atoms with van der Waals surface area (Å²) in [5.41, 5.74) is -0.0175. The molecule has 2 heterocycles. The molecule has 1 aromatic carbocycles. The number of amides is 2. The second kappa shape index (κ2) is 7.39. The number of rotatable bonds is 3. The molecular weight excluding hydrogens is 346 g/mol. The van der Waals surface area contributed by atoms with Gasteiger partial charge in [-0.3, -0.25) is 14.4 Å². The largest absolute Gasteiger partial charge is 0.469 e. The molecule has 8 heteroatoms. The molecule has 140 valence electrons. The SMILES string of the molecule is COC(=O)C1CCN(C(=O)[C@H]2CC(=O)N(c3ccc(F)cc3F)C2)CC1. The van der Waals surface area contributed by atoms with E-state index in [-0.39, 0.29) is 42.4 Å². The van der Waals surface area contributed by atoms with Gasteiger partial charge in [0.1, 0.15) is 11.6 Å². The number of nitrogens with zero attached hydrogens (tertiary/aromatic N) is 2. The van der Waals surface area contributed by atoms with Crippen LogP contribution in [0.2, 0.25) is 0 Å². The lowest BCUT2D eigenvalue weighted by Gasteiger charge is -2.32. The summed E-state index contributed by atoms with van der Waals surface area (Å²) in [6.07, 6.45) is 1.04. The number of benzene rings is 1. The maximum atomic E-state index is 13.9. The Hall–Kier alpha value is -2.51. The number of carbonyl (C=O) groups excluding carboxylic acids is 3. The predicted molar refractivity (Wildman–Crippen MR) is 88.1 cm³/mol. The maximum absolute atomic E-state index is 13.9. The minimum Gasteiger partial charge on any atom is -0.469 e. The zero-order chi connectivity index (χ0) is 18.8. The summed E-state index contributed by atoms with van der Waals surface area (Å²) in [6.45, 7) is 0.916. The van der Waals surface area contributed by atoms with Gasteiger partial charge in [-0.2, -0.15) is 0 Å². The van der Waals surface area contributed by atoms with Gasteiger partial charge in [0.15, 0.2) is 0 Å². The van der Waals surface area contributed by atoms with Crippen molar-refractivity contribution in [1.82, 2.24) is 4.90 Å². The maximum Gasteiger partial charge on any atom is 0.308 e. The average Bonchev–Trinajstić information content (AvgIpc) is 3.02. The highest BCUT2D eigenvalue weighted by Crippen LogP contribution is 2.30. The molecule has 6 nitrogen and oxygen atoms in total. The number of ether oxygens (including phenoxy) is 1. The Kier molecular flexibility index (Phi) is 5.20. The number of methoxy groups -OCH3 is 1. The molecular formula is C18H20F2N2O4. The Labute approximate surface area is 149 Å². The smallest absolute Gasteiger partial charge is 0.308 e. The van der Waals surface area contributed by atoms with Gasteiger partial charge in [-0.15, -0.1) is 0 Å². The van der Waals surface area contributed by atoms with Crippen LogP contribution in [0.4, 0.5) is 14.5 Å². The van der Waals surface area contributed by atoms with E-state index in [2.05, 4.69) is 0 Å². The van der Waals surface area contributed by atoms with Crippen molar-refractivity contribution in [1.29, 1.82) is 0 Å². The molecule has 2 saturated heterocycles. The number of piperidine rings is 1. The molecule has 2 fully saturated rings. The van der Waals surface area contributed by atoms with E-state index < -0.39 is 17.6 Å². The van der Waals surface area contributed by atoms with Crippen LogP contribution in [0.3, 0.4) is 0 Å². The van der Waals surface area contributed by atoms with Gasteiger partial charge in [0.2, 0.25) is 11.8 Å². The van der Waals surface area contributed by atoms with Gasteiger partial charge in [0.05, 0.1) is 24.6 Å². The molecule has 0 radical (unpaired) electrons. The van der Waals surface area contributed by atoms with E-state index in [1.165, 1.54) is 18.1 Å². The summed E-state index contributed by atoms with van der Waals surface area (Å²) in [5, 5.41) is 0. The molecule has 0 unspecified atom stereocenters. The van der Waals surface area contributed by atoms with Crippen LogP contribution in [0, 0.1) is 23.5 Å². The van der Waals surface area contributed by atoms with Gasteiger partial charge in [0.25, 0.3) is 0 Å². The molecule has 2 amide bonds. The van der Waals surface area contributed by atoms with Crippen molar-refractivity contribution in [3.8, 4) is 0 Å². The Bertz CT molecular complexity index is 732. The molecule has 2 aliphatic heterocycles. The zero-order valence-electron chi connectivity index (χ0n) is 14.4. The van der Waals surface area contributed by atoms with Gasteiger partial charge >= 0.3 is 5.97 Å². The monoisotopic (exact) mass is 366 g/mol. The number of carbonyl (C=O) groups is 3. The Morgan fingerprint density at radius 1 is 1.15 bits per heavy atom. The number of anilines is 1. The van der Waals surface area contributed by atoms with Crippen molar-refractivity contribution in [2.75, 3.05) is 31.6 Å². The average molecular weight is 366 g/mol. The number of halogens is 2. The Morgan fingerprint density at radius 2 is 1.85 bits per heavy atom. The molecule has 1 atom stereocenters. The van der Waals surface area contributed by atoms with Crippen LogP contribution in [0.25, 0.3) is 0 Å². The molecule has 0 spiro atoms. The fourth-order valence-corrected chi connectivity index (χ4v) is 3.57. The third kappa shape index (κ3) is 3.54. The molecule has 0 N–H and O–H groups in total. The van der Waals surface area contributed by atoms with Crippen LogP contribution in [-0.4, -0.2) is 49.4 Å². The minimum absolute atomic E-state index is 0.00736. The third-order valence-corrected chi connectivity index (χ3v) is 5.02. The highest BCUT2D eigenvalue weighted by atomic mass is 19.1. The van der Waals surface area contributed by atoms with Crippen LogP contribution in [-0.2, 0) is 19.1 Å². The van der Waals surface area contributed by atoms with Gasteiger partial charge in [-0.1, -0.05) is 0 Å². The van der Waals surface area contributed by atoms with E-state index in [0.29, 0.717) is 25.9 Å². The van der Waals surface area contributed by atoms with Crippen molar-refractivity contribution >= 4 is 23.5 Å². The fraction of sp³-hybridized carbons (Fsp3) is 0.500. The summed E-state index contributed by atoms with van der Waals surface area (Å²) in [7, 11) is 1.34. The first kappa shape index (κ1) is 18.3. The van der Waals surface area contributed by atoms with Crippen LogP contribution in [0.15, 0.2) is 18.2 Å². The van der Waals surface area contributed by atoms with E-state index in [0.717, 1.165) is 12.1 Å². The van der Waals surface area contributed by atoms with Gasteiger partial charge in [-0.05, 0) is 25.0 Å². The highest BCUT2D eigenvalue weighted by molar-refractivity contribution is 6.00. The molecule has 2 aliphatic rings. The van der Waals surface area contributed by atoms with Gasteiger partial charge in [0, 0.05) is 32.1 Å². The molecule has 3 rings (SSSR count). The number of likely N-dealkylation sites (tertiary alicyclic amines) is 1. The highest BCUT2D eigenvalue weighted by Gasteiger charge is 2.39. The van der Waals surface area contributed by atoms with Crippen molar-refractivity contribution in [2.24, 2.45) is 11.8 Å². The topological polar surface area (TPSA) is 66.9 Å². The van der Waals surface area contributed by atoms with E-state index in [4.69, 9.17) is 4.74 Å². The molecule has 26 heavy (non-hydrogen) atoms. The Balaban J connectivity index is 1.63. The fourth-order valence-electron chi connectivity index (χ4n) is 3.57. The molecule has 1 aromatic rings. The summed E-state index contributed by atoms with van der Waals surface area (Å²) in [5.74, 6) is -3.14. The summed E-state index contributed by atoms with van der Waals surface area (Å²) in [6, 6.07) is 3.01. The second-order valence-electron chi connectivity index (χ2n) is 6.62. The normalized spacial score (nSPS) is 21.2. The molecule has 0 aliphatic carbocycles. The molecule has 0 saturated carbocycles. The third-order valence-electron chi connectivity index (χ3n) is 5.02. The lowest BCUT2D eigenvalue weighted by molar-refractivity contribution is -0.149. The van der Waals surface area contributed by atoms with Crippen LogP contribution in [0.5, 0.6) is 0 Å². The van der Waals surface area contributed by atoms with Crippen molar-refractivity contribution in [3.05, 3.63) is 29.8 Å². The lowest BCUT2D eigenvalue weighted by atomic mass is 9.95. The number of hydrogen-bond donors (Lipinski definition) is 0. The summed E-state index contributed by atoms with van der Waals surface area (Å²) in [4.78, 5) is 39.3. The summed E-state index contributed by atoms with van der Waals surface area (Å²) < 4.78 is 31.7. The van der Waals surface area contributed by atoms with Gasteiger partial charge < -0.3 is 14.5 Å². The second-order valence-corrected chi connectivity index (χ2v) is 6.62. The summed E-state index contributed by atoms with van der Waals surface area (Å²) >= 11 is 0. The van der Waals surface area contributed by atoms with Crippen LogP contribution < -0.4 is 4.90 Å². The van der Waals surface area contributed by atoms with E-state index in [1.807, 2.05) is 0 Å². The minimum atomic E-state index is -0.828.